The maximum Gasteiger partial charge on any atom is 0.240 e. The smallest absolute Gasteiger partial charge is 0.240 e. The van der Waals surface area contributed by atoms with Gasteiger partial charge in [0.15, 0.2) is 0 Å². The molecule has 4 aliphatic heterocycles. The molecule has 1 aromatic rings. The van der Waals surface area contributed by atoms with E-state index in [1.165, 1.54) is 37.6 Å². The maximum atomic E-state index is 12.6. The van der Waals surface area contributed by atoms with E-state index in [0.29, 0.717) is 17.5 Å². The Hall–Kier alpha value is -0.600. The standard InChI is InChI=1S/C20H31N3O2S2/c1-16-2-4-20(5-3-16)27(24,25)21-13-19-12-17-6-7-23(19)15-18(17)14-22-8-10-26-11-9-22/h2-5,17-19,21H,6-15H2,1H3/t17-,18-,19+/m0/s1. The van der Waals surface area contributed by atoms with Gasteiger partial charge in [0.05, 0.1) is 4.90 Å². The van der Waals surface area contributed by atoms with Crippen molar-refractivity contribution in [3.8, 4) is 0 Å². The van der Waals surface area contributed by atoms with E-state index in [9.17, 15) is 8.42 Å². The van der Waals surface area contributed by atoms with Gasteiger partial charge in [0.2, 0.25) is 10.0 Å². The molecule has 0 spiro atoms. The number of nitrogens with zero attached hydrogens (tertiary/aromatic N) is 2. The third kappa shape index (κ3) is 4.70. The molecule has 27 heavy (non-hydrogen) atoms. The lowest BCUT2D eigenvalue weighted by Gasteiger charge is -2.51. The zero-order chi connectivity index (χ0) is 18.9. The molecule has 0 amide bonds. The average molecular weight is 410 g/mol. The van der Waals surface area contributed by atoms with Crippen molar-refractivity contribution in [2.45, 2.75) is 30.7 Å². The van der Waals surface area contributed by atoms with E-state index in [2.05, 4.69) is 26.3 Å². The van der Waals surface area contributed by atoms with Crippen molar-refractivity contribution in [2.24, 2.45) is 11.8 Å². The van der Waals surface area contributed by atoms with Crippen LogP contribution in [0.5, 0.6) is 0 Å². The highest BCUT2D eigenvalue weighted by Crippen LogP contribution is 2.36. The van der Waals surface area contributed by atoms with Crippen LogP contribution in [0.4, 0.5) is 0 Å². The number of aryl methyl sites for hydroxylation is 1. The van der Waals surface area contributed by atoms with Gasteiger partial charge in [-0.05, 0) is 50.3 Å². The first-order valence-corrected chi connectivity index (χ1v) is 12.8. The van der Waals surface area contributed by atoms with Gasteiger partial charge in [-0.25, -0.2) is 13.1 Å². The summed E-state index contributed by atoms with van der Waals surface area (Å²) in [5.74, 6) is 4.04. The molecular weight excluding hydrogens is 378 g/mol. The number of sulfonamides is 1. The number of piperidine rings is 3. The summed E-state index contributed by atoms with van der Waals surface area (Å²) in [5.41, 5.74) is 1.07. The van der Waals surface area contributed by atoms with Crippen molar-refractivity contribution < 1.29 is 8.42 Å². The fourth-order valence-corrected chi connectivity index (χ4v) is 6.84. The number of hydrogen-bond donors (Lipinski definition) is 1. The van der Waals surface area contributed by atoms with Gasteiger partial charge in [-0.15, -0.1) is 0 Å². The van der Waals surface area contributed by atoms with Crippen molar-refractivity contribution in [3.05, 3.63) is 29.8 Å². The molecule has 1 N–H and O–H groups in total. The minimum absolute atomic E-state index is 0.345. The Morgan fingerprint density at radius 1 is 1.15 bits per heavy atom. The van der Waals surface area contributed by atoms with E-state index in [0.717, 1.165) is 36.9 Å². The second-order valence-electron chi connectivity index (χ2n) is 8.27. The quantitative estimate of drug-likeness (QED) is 0.779. The second kappa shape index (κ2) is 8.41. The predicted molar refractivity (Wildman–Crippen MR) is 112 cm³/mol. The third-order valence-electron chi connectivity index (χ3n) is 6.45. The molecular formula is C20H31N3O2S2. The molecule has 4 heterocycles. The molecule has 4 atom stereocenters. The van der Waals surface area contributed by atoms with Crippen molar-refractivity contribution in [1.29, 1.82) is 0 Å². The van der Waals surface area contributed by atoms with E-state index in [4.69, 9.17) is 0 Å². The van der Waals surface area contributed by atoms with Crippen LogP contribution in [0.2, 0.25) is 0 Å². The molecule has 1 aromatic carbocycles. The first kappa shape index (κ1) is 19.7. The van der Waals surface area contributed by atoms with Crippen molar-refractivity contribution in [1.82, 2.24) is 14.5 Å². The molecule has 5 rings (SSSR count). The third-order valence-corrected chi connectivity index (χ3v) is 8.83. The van der Waals surface area contributed by atoms with Crippen LogP contribution in [0.25, 0.3) is 0 Å². The summed E-state index contributed by atoms with van der Waals surface area (Å²) >= 11 is 2.07. The number of hydrogen-bond acceptors (Lipinski definition) is 5. The molecule has 0 aromatic heterocycles. The minimum atomic E-state index is -3.42. The lowest BCUT2D eigenvalue weighted by molar-refractivity contribution is -0.00914. The zero-order valence-corrected chi connectivity index (χ0v) is 17.8. The van der Waals surface area contributed by atoms with Gasteiger partial charge in [0.25, 0.3) is 0 Å². The van der Waals surface area contributed by atoms with Gasteiger partial charge in [-0.1, -0.05) is 17.7 Å². The molecule has 0 aliphatic carbocycles. The van der Waals surface area contributed by atoms with Crippen molar-refractivity contribution >= 4 is 21.8 Å². The lowest BCUT2D eigenvalue weighted by Crippen LogP contribution is -2.58. The molecule has 5 nitrogen and oxygen atoms in total. The van der Waals surface area contributed by atoms with E-state index < -0.39 is 10.0 Å². The number of rotatable bonds is 6. The van der Waals surface area contributed by atoms with Gasteiger partial charge in [-0.2, -0.15) is 11.8 Å². The van der Waals surface area contributed by atoms with E-state index in [-0.39, 0.29) is 0 Å². The molecule has 4 saturated heterocycles. The Bertz CT molecular complexity index is 732. The van der Waals surface area contributed by atoms with Gasteiger partial charge in [0.1, 0.15) is 0 Å². The highest BCUT2D eigenvalue weighted by Gasteiger charge is 2.40. The lowest BCUT2D eigenvalue weighted by atomic mass is 9.75. The topological polar surface area (TPSA) is 52.7 Å². The molecule has 4 fully saturated rings. The molecule has 150 valence electrons. The van der Waals surface area contributed by atoms with Crippen LogP contribution >= 0.6 is 11.8 Å². The first-order valence-electron chi connectivity index (χ1n) is 10.1. The van der Waals surface area contributed by atoms with Crippen LogP contribution in [0.1, 0.15) is 18.4 Å². The van der Waals surface area contributed by atoms with Crippen LogP contribution in [-0.2, 0) is 10.0 Å². The molecule has 0 saturated carbocycles. The molecule has 4 aliphatic rings. The zero-order valence-electron chi connectivity index (χ0n) is 16.1. The van der Waals surface area contributed by atoms with Gasteiger partial charge >= 0.3 is 0 Å². The van der Waals surface area contributed by atoms with Gasteiger partial charge in [0, 0.05) is 50.3 Å². The molecule has 1 unspecified atom stereocenters. The Kier molecular flexibility index (Phi) is 6.14. The Morgan fingerprint density at radius 3 is 2.56 bits per heavy atom. The predicted octanol–water partition coefficient (Wildman–Crippen LogP) is 2.03. The average Bonchev–Trinajstić information content (AvgIpc) is 2.68. The van der Waals surface area contributed by atoms with Crippen molar-refractivity contribution in [2.75, 3.05) is 50.8 Å². The largest absolute Gasteiger partial charge is 0.301 e. The van der Waals surface area contributed by atoms with E-state index in [1.54, 1.807) is 12.1 Å². The number of thioether (sulfide) groups is 1. The summed E-state index contributed by atoms with van der Waals surface area (Å²) < 4.78 is 28.0. The summed E-state index contributed by atoms with van der Waals surface area (Å²) in [6.07, 6.45) is 2.40. The minimum Gasteiger partial charge on any atom is -0.301 e. The summed E-state index contributed by atoms with van der Waals surface area (Å²) in [4.78, 5) is 5.53. The number of nitrogens with one attached hydrogen (secondary N) is 1. The van der Waals surface area contributed by atoms with Crippen LogP contribution in [0.3, 0.4) is 0 Å². The highest BCUT2D eigenvalue weighted by molar-refractivity contribution is 7.99. The fourth-order valence-electron chi connectivity index (χ4n) is 4.79. The maximum absolute atomic E-state index is 12.6. The molecule has 7 heteroatoms. The van der Waals surface area contributed by atoms with Crippen LogP contribution < -0.4 is 4.72 Å². The summed E-state index contributed by atoms with van der Waals surface area (Å²) in [5, 5.41) is 0. The Morgan fingerprint density at radius 2 is 1.89 bits per heavy atom. The van der Waals surface area contributed by atoms with Crippen molar-refractivity contribution in [3.63, 3.8) is 0 Å². The monoisotopic (exact) mass is 409 g/mol. The Labute approximate surface area is 167 Å². The first-order chi connectivity index (χ1) is 13.0. The summed E-state index contributed by atoms with van der Waals surface area (Å²) in [6, 6.07) is 7.43. The molecule has 0 radical (unpaired) electrons. The summed E-state index contributed by atoms with van der Waals surface area (Å²) in [7, 11) is -3.42. The SMILES string of the molecule is Cc1ccc(S(=O)(=O)NC[C@H]2C[C@@H]3CCN2C[C@@H]3CN2CCSCC2)cc1. The number of benzene rings is 1. The highest BCUT2D eigenvalue weighted by atomic mass is 32.2. The van der Waals surface area contributed by atoms with E-state index in [1.807, 2.05) is 19.1 Å². The van der Waals surface area contributed by atoms with Crippen LogP contribution in [0.15, 0.2) is 29.2 Å². The van der Waals surface area contributed by atoms with Crippen LogP contribution in [-0.4, -0.2) is 75.0 Å². The van der Waals surface area contributed by atoms with Crippen LogP contribution in [0, 0.1) is 18.8 Å². The van der Waals surface area contributed by atoms with Gasteiger partial charge < -0.3 is 4.90 Å². The van der Waals surface area contributed by atoms with E-state index >= 15 is 0 Å². The Balaban J connectivity index is 1.32. The second-order valence-corrected chi connectivity index (χ2v) is 11.3. The summed E-state index contributed by atoms with van der Waals surface area (Å²) in [6.45, 7) is 8.43. The normalized spacial score (nSPS) is 31.9. The van der Waals surface area contributed by atoms with Gasteiger partial charge in [-0.3, -0.25) is 4.90 Å². The number of fused-ring (bicyclic) bond motifs is 3. The fraction of sp³-hybridized carbons (Fsp3) is 0.700. The molecule has 2 bridgehead atoms.